The van der Waals surface area contributed by atoms with Crippen LogP contribution < -0.4 is 0 Å². The minimum Gasteiger partial charge on any atom is -0.207 e. The fourth-order valence-corrected chi connectivity index (χ4v) is 1.98. The zero-order valence-electron chi connectivity index (χ0n) is 6.67. The third kappa shape index (κ3) is 1.73. The van der Waals surface area contributed by atoms with Crippen molar-refractivity contribution in [2.75, 3.05) is 0 Å². The Morgan fingerprint density at radius 1 is 1.21 bits per heavy atom. The third-order valence-corrected chi connectivity index (χ3v) is 2.85. The Morgan fingerprint density at radius 3 is 2.64 bits per heavy atom. The standard InChI is InChI=1S/C8H3Cl2FN2S/c9-6-2-1-4(11)3-5(6)7-8(10)13-14-12-7/h1-3H. The summed E-state index contributed by atoms with van der Waals surface area (Å²) in [5, 5.41) is 0.642. The lowest BCUT2D eigenvalue weighted by Gasteiger charge is -2.00. The highest BCUT2D eigenvalue weighted by molar-refractivity contribution is 6.99. The first kappa shape index (κ1) is 9.83. The van der Waals surface area contributed by atoms with Gasteiger partial charge < -0.3 is 0 Å². The molecule has 1 heterocycles. The smallest absolute Gasteiger partial charge is 0.170 e. The Morgan fingerprint density at radius 2 is 2.00 bits per heavy atom. The molecule has 1 aromatic heterocycles. The van der Waals surface area contributed by atoms with Crippen LogP contribution in [0.25, 0.3) is 11.3 Å². The third-order valence-electron chi connectivity index (χ3n) is 1.63. The molecule has 0 aliphatic carbocycles. The SMILES string of the molecule is Fc1ccc(Cl)c(-c2nsnc2Cl)c1. The molecule has 0 bridgehead atoms. The molecule has 6 heteroatoms. The predicted octanol–water partition coefficient (Wildman–Crippen LogP) is 3.65. The van der Waals surface area contributed by atoms with Crippen LogP contribution in [-0.2, 0) is 0 Å². The van der Waals surface area contributed by atoms with Crippen LogP contribution in [0, 0.1) is 5.82 Å². The highest BCUT2D eigenvalue weighted by Crippen LogP contribution is 2.31. The van der Waals surface area contributed by atoms with Crippen LogP contribution in [-0.4, -0.2) is 8.75 Å². The lowest BCUT2D eigenvalue weighted by molar-refractivity contribution is 0.628. The molecule has 0 aliphatic heterocycles. The number of aromatic nitrogens is 2. The molecular formula is C8H3Cl2FN2S. The van der Waals surface area contributed by atoms with Gasteiger partial charge >= 0.3 is 0 Å². The van der Waals surface area contributed by atoms with Gasteiger partial charge in [-0.05, 0) is 18.2 Å². The fourth-order valence-electron chi connectivity index (χ4n) is 1.02. The Bertz CT molecular complexity index is 472. The van der Waals surface area contributed by atoms with Crippen molar-refractivity contribution in [3.63, 3.8) is 0 Å². The first-order chi connectivity index (χ1) is 6.68. The van der Waals surface area contributed by atoms with E-state index in [1.807, 2.05) is 0 Å². The molecule has 0 spiro atoms. The molecule has 2 nitrogen and oxygen atoms in total. The fraction of sp³-hybridized carbons (Fsp3) is 0. The average molecular weight is 249 g/mol. The minimum absolute atomic E-state index is 0.238. The van der Waals surface area contributed by atoms with E-state index in [4.69, 9.17) is 23.2 Å². The summed E-state index contributed by atoms with van der Waals surface area (Å²) in [6, 6.07) is 4.02. The maximum Gasteiger partial charge on any atom is 0.170 e. The number of hydrogen-bond acceptors (Lipinski definition) is 3. The molecule has 0 aliphatic rings. The summed E-state index contributed by atoms with van der Waals surface area (Å²) in [6.45, 7) is 0. The molecule has 0 atom stereocenters. The second-order valence-electron chi connectivity index (χ2n) is 2.53. The quantitative estimate of drug-likeness (QED) is 0.770. The Labute approximate surface area is 93.6 Å². The van der Waals surface area contributed by atoms with Gasteiger partial charge in [-0.3, -0.25) is 0 Å². The van der Waals surface area contributed by atoms with Crippen LogP contribution in [0.15, 0.2) is 18.2 Å². The van der Waals surface area contributed by atoms with Crippen molar-refractivity contribution >= 4 is 34.9 Å². The summed E-state index contributed by atoms with van der Waals surface area (Å²) in [4.78, 5) is 0. The van der Waals surface area contributed by atoms with Crippen molar-refractivity contribution < 1.29 is 4.39 Å². The Hall–Kier alpha value is -0.710. The summed E-state index contributed by atoms with van der Waals surface area (Å²) in [6.07, 6.45) is 0. The van der Waals surface area contributed by atoms with Crippen molar-refractivity contribution in [2.24, 2.45) is 0 Å². The molecule has 0 radical (unpaired) electrons. The number of nitrogens with zero attached hydrogens (tertiary/aromatic N) is 2. The van der Waals surface area contributed by atoms with E-state index in [1.54, 1.807) is 0 Å². The molecule has 1 aromatic carbocycles. The Kier molecular flexibility index (Phi) is 2.67. The van der Waals surface area contributed by atoms with Gasteiger partial charge in [0.1, 0.15) is 11.5 Å². The molecule has 14 heavy (non-hydrogen) atoms. The molecule has 0 saturated carbocycles. The zero-order chi connectivity index (χ0) is 10.1. The van der Waals surface area contributed by atoms with E-state index in [0.29, 0.717) is 16.3 Å². The van der Waals surface area contributed by atoms with Gasteiger partial charge in [0.05, 0.1) is 16.8 Å². The maximum absolute atomic E-state index is 12.9. The molecule has 0 amide bonds. The number of halogens is 3. The van der Waals surface area contributed by atoms with Crippen LogP contribution in [0.4, 0.5) is 4.39 Å². The van der Waals surface area contributed by atoms with Crippen LogP contribution >= 0.6 is 34.9 Å². The van der Waals surface area contributed by atoms with E-state index in [9.17, 15) is 4.39 Å². The Balaban J connectivity index is 2.62. The molecule has 0 saturated heterocycles. The van der Waals surface area contributed by atoms with Crippen molar-refractivity contribution in [1.82, 2.24) is 8.75 Å². The molecular weight excluding hydrogens is 246 g/mol. The predicted molar refractivity (Wildman–Crippen MR) is 55.3 cm³/mol. The van der Waals surface area contributed by atoms with Crippen LogP contribution in [0.2, 0.25) is 10.2 Å². The second kappa shape index (κ2) is 3.81. The lowest BCUT2D eigenvalue weighted by Crippen LogP contribution is -1.82. The summed E-state index contributed by atoms with van der Waals surface area (Å²) in [5.74, 6) is -0.381. The van der Waals surface area contributed by atoms with Gasteiger partial charge in [-0.15, -0.1) is 0 Å². The monoisotopic (exact) mass is 248 g/mol. The van der Waals surface area contributed by atoms with Gasteiger partial charge in [-0.2, -0.15) is 8.75 Å². The number of hydrogen-bond donors (Lipinski definition) is 0. The van der Waals surface area contributed by atoms with Gasteiger partial charge in [0, 0.05) is 5.56 Å². The summed E-state index contributed by atoms with van der Waals surface area (Å²) in [5.41, 5.74) is 0.881. The van der Waals surface area contributed by atoms with Gasteiger partial charge in [-0.1, -0.05) is 23.2 Å². The zero-order valence-corrected chi connectivity index (χ0v) is 9.00. The van der Waals surface area contributed by atoms with Crippen LogP contribution in [0.1, 0.15) is 0 Å². The minimum atomic E-state index is -0.381. The van der Waals surface area contributed by atoms with E-state index in [2.05, 4.69) is 8.75 Å². The highest BCUT2D eigenvalue weighted by Gasteiger charge is 2.12. The molecule has 2 aromatic rings. The topological polar surface area (TPSA) is 25.8 Å². The highest BCUT2D eigenvalue weighted by atomic mass is 35.5. The van der Waals surface area contributed by atoms with Crippen molar-refractivity contribution in [3.8, 4) is 11.3 Å². The van der Waals surface area contributed by atoms with E-state index >= 15 is 0 Å². The van der Waals surface area contributed by atoms with E-state index in [0.717, 1.165) is 11.7 Å². The van der Waals surface area contributed by atoms with Gasteiger partial charge in [-0.25, -0.2) is 4.39 Å². The summed E-state index contributed by atoms with van der Waals surface area (Å²) >= 11 is 12.6. The van der Waals surface area contributed by atoms with E-state index in [-0.39, 0.29) is 11.0 Å². The molecule has 2 rings (SSSR count). The van der Waals surface area contributed by atoms with Crippen LogP contribution in [0.5, 0.6) is 0 Å². The molecule has 72 valence electrons. The summed E-state index contributed by atoms with van der Waals surface area (Å²) < 4.78 is 20.6. The van der Waals surface area contributed by atoms with Crippen molar-refractivity contribution in [1.29, 1.82) is 0 Å². The summed E-state index contributed by atoms with van der Waals surface area (Å²) in [7, 11) is 0. The average Bonchev–Trinajstić information content (AvgIpc) is 2.56. The molecule has 0 N–H and O–H groups in total. The normalized spacial score (nSPS) is 10.5. The van der Waals surface area contributed by atoms with Gasteiger partial charge in [0.2, 0.25) is 0 Å². The van der Waals surface area contributed by atoms with E-state index in [1.165, 1.54) is 18.2 Å². The first-order valence-electron chi connectivity index (χ1n) is 3.62. The van der Waals surface area contributed by atoms with Gasteiger partial charge in [0.15, 0.2) is 5.15 Å². The second-order valence-corrected chi connectivity index (χ2v) is 3.82. The van der Waals surface area contributed by atoms with Crippen molar-refractivity contribution in [3.05, 3.63) is 34.2 Å². The van der Waals surface area contributed by atoms with Gasteiger partial charge in [0.25, 0.3) is 0 Å². The lowest BCUT2D eigenvalue weighted by atomic mass is 10.1. The largest absolute Gasteiger partial charge is 0.207 e. The van der Waals surface area contributed by atoms with E-state index < -0.39 is 0 Å². The molecule has 0 unspecified atom stereocenters. The number of rotatable bonds is 1. The van der Waals surface area contributed by atoms with Crippen LogP contribution in [0.3, 0.4) is 0 Å². The van der Waals surface area contributed by atoms with Crippen molar-refractivity contribution in [2.45, 2.75) is 0 Å². The first-order valence-corrected chi connectivity index (χ1v) is 5.10. The number of benzene rings is 1. The molecule has 0 fully saturated rings. The maximum atomic E-state index is 12.9.